The molecule has 0 radical (unpaired) electrons. The maximum atomic E-state index is 12.5. The Morgan fingerprint density at radius 1 is 1.05 bits per heavy atom. The molecule has 0 saturated carbocycles. The second kappa shape index (κ2) is 4.71. The van der Waals surface area contributed by atoms with Gasteiger partial charge in [0, 0.05) is 0 Å². The fourth-order valence-corrected chi connectivity index (χ4v) is 3.29. The average molecular weight is 303 g/mol. The third-order valence-corrected chi connectivity index (χ3v) is 4.77. The van der Waals surface area contributed by atoms with E-state index in [-0.39, 0.29) is 20.9 Å². The van der Waals surface area contributed by atoms with Crippen molar-refractivity contribution < 1.29 is 22.8 Å². The fourth-order valence-electron chi connectivity index (χ4n) is 1.98. The molecule has 0 unspecified atom stereocenters. The zero-order chi connectivity index (χ0) is 15.0. The van der Waals surface area contributed by atoms with E-state index in [9.17, 15) is 13.2 Å². The van der Waals surface area contributed by atoms with Crippen LogP contribution in [0, 0.1) is 0 Å². The van der Waals surface area contributed by atoms with Crippen molar-refractivity contribution in [1.29, 1.82) is 0 Å². The highest BCUT2D eigenvalue weighted by molar-refractivity contribution is 7.91. The van der Waals surface area contributed by atoms with Crippen molar-refractivity contribution in [2.45, 2.75) is 9.79 Å². The van der Waals surface area contributed by atoms with Crippen molar-refractivity contribution in [2.24, 2.45) is 0 Å². The van der Waals surface area contributed by atoms with E-state index in [1.54, 1.807) is 18.2 Å². The molecule has 1 aromatic heterocycles. The highest BCUT2D eigenvalue weighted by Crippen LogP contribution is 2.26. The first-order chi connectivity index (χ1) is 10.00. The van der Waals surface area contributed by atoms with Crippen molar-refractivity contribution in [3.8, 4) is 0 Å². The molecule has 2 aromatic carbocycles. The van der Waals surface area contributed by atoms with Gasteiger partial charge in [0.25, 0.3) is 5.76 Å². The first-order valence-electron chi connectivity index (χ1n) is 5.93. The summed E-state index contributed by atoms with van der Waals surface area (Å²) in [5.41, 5.74) is 0.291. The van der Waals surface area contributed by atoms with Gasteiger partial charge in [-0.25, -0.2) is 13.2 Å². The molecule has 21 heavy (non-hydrogen) atoms. The molecular formula is C14H9NO5S. The lowest BCUT2D eigenvalue weighted by Gasteiger charge is -2.04. The van der Waals surface area contributed by atoms with Crippen LogP contribution in [0.2, 0.25) is 0 Å². The number of sulfone groups is 1. The molecule has 0 aliphatic rings. The molecule has 106 valence electrons. The van der Waals surface area contributed by atoms with Crippen LogP contribution in [0.25, 0.3) is 10.9 Å². The number of fused-ring (bicyclic) bond motifs is 1. The van der Waals surface area contributed by atoms with Gasteiger partial charge in [0.15, 0.2) is 0 Å². The Labute approximate surface area is 119 Å². The molecule has 1 N–H and O–H groups in total. The standard InChI is InChI=1S/C14H9NO5S/c16-14(17)13-11-8-10(6-7-12(11)15-20-13)21(18,19)9-4-2-1-3-5-9/h1-8H,(H,16,17). The molecular weight excluding hydrogens is 294 g/mol. The van der Waals surface area contributed by atoms with Gasteiger partial charge in [0.05, 0.1) is 15.2 Å². The molecule has 7 heteroatoms. The highest BCUT2D eigenvalue weighted by atomic mass is 32.2. The monoisotopic (exact) mass is 303 g/mol. The Hall–Kier alpha value is -2.67. The third-order valence-electron chi connectivity index (χ3n) is 3.01. The van der Waals surface area contributed by atoms with E-state index in [2.05, 4.69) is 5.16 Å². The van der Waals surface area contributed by atoms with Crippen molar-refractivity contribution in [2.75, 3.05) is 0 Å². The van der Waals surface area contributed by atoms with E-state index in [0.29, 0.717) is 5.52 Å². The molecule has 0 spiro atoms. The van der Waals surface area contributed by atoms with Gasteiger partial charge in [0.1, 0.15) is 5.52 Å². The largest absolute Gasteiger partial charge is 0.475 e. The molecule has 3 rings (SSSR count). The summed E-state index contributed by atoms with van der Waals surface area (Å²) in [7, 11) is -3.71. The van der Waals surface area contributed by atoms with Crippen LogP contribution < -0.4 is 0 Å². The van der Waals surface area contributed by atoms with E-state index in [4.69, 9.17) is 9.63 Å². The average Bonchev–Trinajstić information content (AvgIpc) is 2.91. The minimum Gasteiger partial charge on any atom is -0.475 e. The summed E-state index contributed by atoms with van der Waals surface area (Å²) < 4.78 is 29.7. The lowest BCUT2D eigenvalue weighted by atomic mass is 10.2. The van der Waals surface area contributed by atoms with Gasteiger partial charge < -0.3 is 9.63 Å². The van der Waals surface area contributed by atoms with Crippen molar-refractivity contribution in [3.63, 3.8) is 0 Å². The zero-order valence-electron chi connectivity index (χ0n) is 10.6. The van der Waals surface area contributed by atoms with Crippen molar-refractivity contribution >= 4 is 26.7 Å². The summed E-state index contributed by atoms with van der Waals surface area (Å²) in [5, 5.41) is 12.7. The van der Waals surface area contributed by atoms with Crippen molar-refractivity contribution in [3.05, 3.63) is 54.3 Å². The summed E-state index contributed by atoms with van der Waals surface area (Å²) in [6, 6.07) is 12.0. The van der Waals surface area contributed by atoms with E-state index < -0.39 is 15.8 Å². The number of carbonyl (C=O) groups is 1. The quantitative estimate of drug-likeness (QED) is 0.797. The molecule has 0 aliphatic carbocycles. The first kappa shape index (κ1) is 13.3. The lowest BCUT2D eigenvalue weighted by Crippen LogP contribution is -2.02. The van der Waals surface area contributed by atoms with Crippen LogP contribution in [-0.2, 0) is 9.84 Å². The number of hydrogen-bond donors (Lipinski definition) is 1. The maximum Gasteiger partial charge on any atom is 0.375 e. The molecule has 0 fully saturated rings. The Kier molecular flexibility index (Phi) is 2.99. The maximum absolute atomic E-state index is 12.5. The SMILES string of the molecule is O=C(O)c1onc2ccc(S(=O)(=O)c3ccccc3)cc12. The van der Waals surface area contributed by atoms with Gasteiger partial charge in [-0.05, 0) is 30.3 Å². The Balaban J connectivity index is 2.22. The van der Waals surface area contributed by atoms with Gasteiger partial charge in [0.2, 0.25) is 9.84 Å². The van der Waals surface area contributed by atoms with Gasteiger partial charge in [-0.1, -0.05) is 23.4 Å². The Bertz CT molecular complexity index is 928. The van der Waals surface area contributed by atoms with Gasteiger partial charge in [-0.15, -0.1) is 0 Å². The third kappa shape index (κ3) is 2.17. The Morgan fingerprint density at radius 3 is 2.43 bits per heavy atom. The van der Waals surface area contributed by atoms with Crippen molar-refractivity contribution in [1.82, 2.24) is 5.16 Å². The van der Waals surface area contributed by atoms with Gasteiger partial charge in [-0.3, -0.25) is 0 Å². The number of aromatic nitrogens is 1. The molecule has 6 nitrogen and oxygen atoms in total. The molecule has 1 heterocycles. The minimum absolute atomic E-state index is 0.00750. The summed E-state index contributed by atoms with van der Waals surface area (Å²) in [6.07, 6.45) is 0. The number of rotatable bonds is 3. The molecule has 0 atom stereocenters. The van der Waals surface area contributed by atoms with Crippen LogP contribution >= 0.6 is 0 Å². The molecule has 0 aliphatic heterocycles. The second-order valence-corrected chi connectivity index (χ2v) is 6.26. The summed E-state index contributed by atoms with van der Waals surface area (Å²) in [5.74, 6) is -1.68. The number of carboxylic acid groups (broad SMARTS) is 1. The number of nitrogens with zero attached hydrogens (tertiary/aromatic N) is 1. The van der Waals surface area contributed by atoms with E-state index in [1.165, 1.54) is 30.3 Å². The van der Waals surface area contributed by atoms with Crippen LogP contribution in [0.1, 0.15) is 10.6 Å². The molecule has 0 bridgehead atoms. The van der Waals surface area contributed by atoms with E-state index >= 15 is 0 Å². The number of benzene rings is 2. The van der Waals surface area contributed by atoms with Crippen LogP contribution in [0.3, 0.4) is 0 Å². The number of hydrogen-bond acceptors (Lipinski definition) is 5. The van der Waals surface area contributed by atoms with Gasteiger partial charge in [-0.2, -0.15) is 0 Å². The smallest absolute Gasteiger partial charge is 0.375 e. The topological polar surface area (TPSA) is 97.5 Å². The summed E-state index contributed by atoms with van der Waals surface area (Å²) >= 11 is 0. The predicted octanol–water partition coefficient (Wildman–Crippen LogP) is 2.36. The van der Waals surface area contributed by atoms with Crippen LogP contribution in [0.5, 0.6) is 0 Å². The van der Waals surface area contributed by atoms with E-state index in [0.717, 1.165) is 0 Å². The second-order valence-electron chi connectivity index (χ2n) is 4.31. The minimum atomic E-state index is -3.71. The zero-order valence-corrected chi connectivity index (χ0v) is 11.4. The molecule has 3 aromatic rings. The highest BCUT2D eigenvalue weighted by Gasteiger charge is 2.21. The Morgan fingerprint density at radius 2 is 1.76 bits per heavy atom. The lowest BCUT2D eigenvalue weighted by molar-refractivity contribution is 0.0655. The van der Waals surface area contributed by atoms with Crippen LogP contribution in [0.4, 0.5) is 0 Å². The first-order valence-corrected chi connectivity index (χ1v) is 7.41. The number of carboxylic acids is 1. The van der Waals surface area contributed by atoms with Crippen LogP contribution in [-0.4, -0.2) is 24.7 Å². The summed E-state index contributed by atoms with van der Waals surface area (Å²) in [4.78, 5) is 11.2. The molecule has 0 amide bonds. The predicted molar refractivity (Wildman–Crippen MR) is 72.9 cm³/mol. The fraction of sp³-hybridized carbons (Fsp3) is 0. The van der Waals surface area contributed by atoms with Gasteiger partial charge >= 0.3 is 5.97 Å². The summed E-state index contributed by atoms with van der Waals surface area (Å²) in [6.45, 7) is 0. The van der Waals surface area contributed by atoms with E-state index in [1.807, 2.05) is 0 Å². The number of aromatic carboxylic acids is 1. The molecule has 0 saturated heterocycles. The van der Waals surface area contributed by atoms with Crippen LogP contribution in [0.15, 0.2) is 62.8 Å². The normalized spacial score (nSPS) is 11.6.